The van der Waals surface area contributed by atoms with E-state index in [-0.39, 0.29) is 0 Å². The van der Waals surface area contributed by atoms with E-state index in [0.29, 0.717) is 0 Å². The first-order valence-corrected chi connectivity index (χ1v) is 4.58. The largest absolute Gasteiger partial charge is 0.276 e. The molecule has 0 unspecified atom stereocenters. The summed E-state index contributed by atoms with van der Waals surface area (Å²) in [5, 5.41) is -0.452. The molecule has 0 aliphatic carbocycles. The van der Waals surface area contributed by atoms with Crippen molar-refractivity contribution in [2.24, 2.45) is 0 Å². The molecule has 2 nitrogen and oxygen atoms in total. The monoisotopic (exact) mass is 208 g/mol. The van der Waals surface area contributed by atoms with Crippen LogP contribution in [0.25, 0.3) is 6.08 Å². The standard InChI is InChI=1S/C11H10ClNO/c1-9(7-11(12)14)4-5-10-3-2-6-13-8-10/h2-8H,1H3/p+1/b5-4+,9-7+. The maximum atomic E-state index is 10.5. The third kappa shape index (κ3) is 4.01. The number of halogens is 1. The van der Waals surface area contributed by atoms with E-state index in [1.807, 2.05) is 43.6 Å². The zero-order valence-electron chi connectivity index (χ0n) is 7.83. The highest BCUT2D eigenvalue weighted by atomic mass is 35.5. The van der Waals surface area contributed by atoms with Crippen molar-refractivity contribution >= 4 is 22.9 Å². The summed E-state index contributed by atoms with van der Waals surface area (Å²) >= 11 is 5.20. The highest BCUT2D eigenvalue weighted by Crippen LogP contribution is 2.02. The van der Waals surface area contributed by atoms with Gasteiger partial charge in [0, 0.05) is 17.7 Å². The van der Waals surface area contributed by atoms with Crippen LogP contribution in [0.2, 0.25) is 0 Å². The molecule has 0 aliphatic rings. The molecule has 0 radical (unpaired) electrons. The molecule has 3 heteroatoms. The summed E-state index contributed by atoms with van der Waals surface area (Å²) in [7, 11) is 0. The van der Waals surface area contributed by atoms with Crippen molar-refractivity contribution in [2.75, 3.05) is 0 Å². The first-order chi connectivity index (χ1) is 6.68. The molecule has 1 rings (SSSR count). The number of carbonyl (C=O) groups excluding carboxylic acids is 1. The minimum absolute atomic E-state index is 0.452. The number of allylic oxidation sites excluding steroid dienone is 3. The number of rotatable bonds is 3. The maximum Gasteiger partial charge on any atom is 0.245 e. The Hall–Kier alpha value is -1.41. The van der Waals surface area contributed by atoms with Crippen LogP contribution in [0, 0.1) is 0 Å². The van der Waals surface area contributed by atoms with Crippen LogP contribution in [0.4, 0.5) is 0 Å². The second-order valence-electron chi connectivity index (χ2n) is 2.86. The highest BCUT2D eigenvalue weighted by molar-refractivity contribution is 6.66. The fourth-order valence-corrected chi connectivity index (χ4v) is 1.14. The maximum absolute atomic E-state index is 10.5. The highest BCUT2D eigenvalue weighted by Gasteiger charge is 1.91. The van der Waals surface area contributed by atoms with Gasteiger partial charge in [0.15, 0.2) is 12.4 Å². The van der Waals surface area contributed by atoms with Gasteiger partial charge in [-0.25, -0.2) is 4.98 Å². The lowest BCUT2D eigenvalue weighted by molar-refractivity contribution is -0.378. The van der Waals surface area contributed by atoms with Crippen LogP contribution in [0.3, 0.4) is 0 Å². The second kappa shape index (κ2) is 5.35. The molecule has 0 aliphatic heterocycles. The lowest BCUT2D eigenvalue weighted by atomic mass is 10.2. The predicted octanol–water partition coefficient (Wildman–Crippen LogP) is 2.23. The molecule has 0 saturated heterocycles. The Kier molecular flexibility index (Phi) is 4.08. The summed E-state index contributed by atoms with van der Waals surface area (Å²) in [6, 6.07) is 3.87. The van der Waals surface area contributed by atoms with Crippen LogP contribution >= 0.6 is 11.6 Å². The third-order valence-electron chi connectivity index (χ3n) is 1.61. The third-order valence-corrected chi connectivity index (χ3v) is 1.72. The van der Waals surface area contributed by atoms with Crippen LogP contribution in [0.15, 0.2) is 42.3 Å². The number of hydrogen-bond donors (Lipinski definition) is 0. The molecule has 1 aromatic heterocycles. The molecule has 14 heavy (non-hydrogen) atoms. The van der Waals surface area contributed by atoms with E-state index >= 15 is 0 Å². The number of pyridine rings is 1. The quantitative estimate of drug-likeness (QED) is 0.426. The van der Waals surface area contributed by atoms with Crippen LogP contribution in [-0.4, -0.2) is 5.24 Å². The molecule has 1 aromatic rings. The first-order valence-electron chi connectivity index (χ1n) is 4.20. The SMILES string of the molecule is CC(/C=C/c1ccc[nH+]c1)=C\C(=O)Cl. The van der Waals surface area contributed by atoms with E-state index in [9.17, 15) is 4.79 Å². The molecule has 0 amide bonds. The fraction of sp³-hybridized carbons (Fsp3) is 0.0909. The van der Waals surface area contributed by atoms with E-state index in [0.717, 1.165) is 11.1 Å². The van der Waals surface area contributed by atoms with Gasteiger partial charge < -0.3 is 0 Å². The lowest BCUT2D eigenvalue weighted by Gasteiger charge is -1.89. The zero-order chi connectivity index (χ0) is 10.4. The van der Waals surface area contributed by atoms with E-state index in [4.69, 9.17) is 11.6 Å². The molecular formula is C11H11ClNO+. The van der Waals surface area contributed by atoms with Gasteiger partial charge >= 0.3 is 0 Å². The summed E-state index contributed by atoms with van der Waals surface area (Å²) in [4.78, 5) is 13.5. The fourth-order valence-electron chi connectivity index (χ4n) is 0.966. The Bertz CT molecular complexity index is 368. The smallest absolute Gasteiger partial charge is 0.245 e. The van der Waals surface area contributed by atoms with Gasteiger partial charge in [0.2, 0.25) is 5.24 Å². The van der Waals surface area contributed by atoms with Crippen LogP contribution in [0.5, 0.6) is 0 Å². The summed E-state index contributed by atoms with van der Waals surface area (Å²) in [6.45, 7) is 1.82. The van der Waals surface area contributed by atoms with Crippen molar-refractivity contribution in [3.8, 4) is 0 Å². The molecular weight excluding hydrogens is 198 g/mol. The van der Waals surface area contributed by atoms with Crippen LogP contribution in [-0.2, 0) is 4.79 Å². The second-order valence-corrected chi connectivity index (χ2v) is 3.24. The van der Waals surface area contributed by atoms with E-state index in [2.05, 4.69) is 4.98 Å². The van der Waals surface area contributed by atoms with Crippen molar-refractivity contribution in [1.82, 2.24) is 0 Å². The number of carbonyl (C=O) groups is 1. The average molecular weight is 209 g/mol. The van der Waals surface area contributed by atoms with Gasteiger partial charge in [-0.15, -0.1) is 0 Å². The van der Waals surface area contributed by atoms with Gasteiger partial charge in [0.25, 0.3) is 0 Å². The Morgan fingerprint density at radius 3 is 2.93 bits per heavy atom. The zero-order valence-corrected chi connectivity index (χ0v) is 8.58. The molecule has 0 atom stereocenters. The molecule has 0 saturated carbocycles. The van der Waals surface area contributed by atoms with Gasteiger partial charge in [-0.3, -0.25) is 4.79 Å². The molecule has 72 valence electrons. The minimum atomic E-state index is -0.452. The number of aromatic nitrogens is 1. The minimum Gasteiger partial charge on any atom is -0.276 e. The van der Waals surface area contributed by atoms with Gasteiger partial charge in [-0.2, -0.15) is 0 Å². The van der Waals surface area contributed by atoms with Crippen LogP contribution < -0.4 is 4.98 Å². The Labute approximate surface area is 87.9 Å². The predicted molar refractivity (Wildman–Crippen MR) is 56.6 cm³/mol. The topological polar surface area (TPSA) is 31.2 Å². The lowest BCUT2D eigenvalue weighted by Crippen LogP contribution is -1.97. The number of H-pyrrole nitrogens is 1. The van der Waals surface area contributed by atoms with Crippen molar-refractivity contribution in [1.29, 1.82) is 0 Å². The molecule has 0 aromatic carbocycles. The van der Waals surface area contributed by atoms with Crippen molar-refractivity contribution in [2.45, 2.75) is 6.92 Å². The summed E-state index contributed by atoms with van der Waals surface area (Å²) in [6.07, 6.45) is 8.82. The van der Waals surface area contributed by atoms with Gasteiger partial charge in [0.1, 0.15) is 0 Å². The summed E-state index contributed by atoms with van der Waals surface area (Å²) < 4.78 is 0. The number of hydrogen-bond acceptors (Lipinski definition) is 1. The van der Waals surface area contributed by atoms with E-state index in [1.165, 1.54) is 6.08 Å². The average Bonchev–Trinajstić information content (AvgIpc) is 2.15. The number of aromatic amines is 1. The van der Waals surface area contributed by atoms with Crippen molar-refractivity contribution < 1.29 is 9.78 Å². The normalized spacial score (nSPS) is 12.0. The van der Waals surface area contributed by atoms with Crippen molar-refractivity contribution in [3.63, 3.8) is 0 Å². The van der Waals surface area contributed by atoms with Gasteiger partial charge in [0.05, 0.1) is 0 Å². The molecule has 1 heterocycles. The van der Waals surface area contributed by atoms with Gasteiger partial charge in [-0.1, -0.05) is 6.08 Å². The number of nitrogens with one attached hydrogen (secondary N) is 1. The molecule has 0 spiro atoms. The molecule has 0 fully saturated rings. The Morgan fingerprint density at radius 1 is 1.57 bits per heavy atom. The van der Waals surface area contributed by atoms with E-state index in [1.54, 1.807) is 0 Å². The van der Waals surface area contributed by atoms with E-state index < -0.39 is 5.24 Å². The Balaban J connectivity index is 2.70. The Morgan fingerprint density at radius 2 is 2.36 bits per heavy atom. The molecule has 1 N–H and O–H groups in total. The summed E-state index contributed by atoms with van der Waals surface area (Å²) in [5.41, 5.74) is 1.87. The van der Waals surface area contributed by atoms with Crippen LogP contribution in [0.1, 0.15) is 12.5 Å². The summed E-state index contributed by atoms with van der Waals surface area (Å²) in [5.74, 6) is 0. The first kappa shape index (κ1) is 10.7. The molecule has 0 bridgehead atoms. The van der Waals surface area contributed by atoms with Crippen molar-refractivity contribution in [3.05, 3.63) is 47.8 Å². The van der Waals surface area contributed by atoms with Gasteiger partial charge in [-0.05, 0) is 36.2 Å².